The first-order valence-electron chi connectivity index (χ1n) is 8.23. The number of benzene rings is 1. The fourth-order valence-electron chi connectivity index (χ4n) is 2.20. The zero-order valence-electron chi connectivity index (χ0n) is 15.3. The van der Waals surface area contributed by atoms with Gasteiger partial charge in [-0.3, -0.25) is 0 Å². The predicted molar refractivity (Wildman–Crippen MR) is 114 cm³/mol. The summed E-state index contributed by atoms with van der Waals surface area (Å²) >= 11 is 0.931. The molecule has 0 aliphatic rings. The number of hydrogen-bond acceptors (Lipinski definition) is 5. The molecule has 0 bridgehead atoms. The van der Waals surface area contributed by atoms with Gasteiger partial charge in [-0.05, 0) is 31.0 Å². The SMILES string of the molecule is CCNC(=NCc1nc(C(F)(F)F)cs1)NCCc1ccc(O)c(OC)c1.I. The topological polar surface area (TPSA) is 78.8 Å². The molecule has 0 fully saturated rings. The summed E-state index contributed by atoms with van der Waals surface area (Å²) in [5.74, 6) is 0.968. The Morgan fingerprint density at radius 3 is 2.68 bits per heavy atom. The van der Waals surface area contributed by atoms with Crippen LogP contribution in [0.25, 0.3) is 0 Å². The fraction of sp³-hybridized carbons (Fsp3) is 0.412. The molecule has 0 saturated heterocycles. The number of aliphatic imine (C=N–C) groups is 1. The van der Waals surface area contributed by atoms with Crippen molar-refractivity contribution in [2.45, 2.75) is 26.1 Å². The Kier molecular flexibility index (Phi) is 9.79. The second-order valence-electron chi connectivity index (χ2n) is 5.50. The Morgan fingerprint density at radius 2 is 2.07 bits per heavy atom. The minimum absolute atomic E-state index is 0. The highest BCUT2D eigenvalue weighted by Gasteiger charge is 2.33. The van der Waals surface area contributed by atoms with E-state index in [2.05, 4.69) is 20.6 Å². The van der Waals surface area contributed by atoms with Gasteiger partial charge in [-0.25, -0.2) is 9.98 Å². The van der Waals surface area contributed by atoms with Gasteiger partial charge in [0.05, 0.1) is 13.7 Å². The van der Waals surface area contributed by atoms with Gasteiger partial charge in [0.1, 0.15) is 5.01 Å². The van der Waals surface area contributed by atoms with E-state index >= 15 is 0 Å². The van der Waals surface area contributed by atoms with Crippen molar-refractivity contribution < 1.29 is 23.0 Å². The number of halogens is 4. The number of guanidine groups is 1. The van der Waals surface area contributed by atoms with E-state index in [0.29, 0.717) is 36.2 Å². The Hall–Kier alpha value is -1.76. The fourth-order valence-corrected chi connectivity index (χ4v) is 2.93. The highest BCUT2D eigenvalue weighted by molar-refractivity contribution is 14.0. The molecule has 2 aromatic rings. The summed E-state index contributed by atoms with van der Waals surface area (Å²) in [7, 11) is 1.48. The molecule has 11 heteroatoms. The molecular formula is C17H22F3IN4O2S. The zero-order chi connectivity index (χ0) is 19.9. The molecule has 0 amide bonds. The molecule has 0 spiro atoms. The average Bonchev–Trinajstić information content (AvgIpc) is 3.10. The standard InChI is InChI=1S/C17H21F3N4O2S.HI/c1-3-21-16(23-9-15-24-14(10-27-15)17(18,19)20)22-7-6-11-4-5-12(25)13(8-11)26-2;/h4-5,8,10,25H,3,6-7,9H2,1-2H3,(H2,21,22,23);1H. The molecule has 1 aromatic heterocycles. The van der Waals surface area contributed by atoms with Crippen LogP contribution in [-0.4, -0.2) is 36.2 Å². The molecule has 2 rings (SSSR count). The smallest absolute Gasteiger partial charge is 0.434 e. The maximum atomic E-state index is 12.6. The molecule has 28 heavy (non-hydrogen) atoms. The van der Waals surface area contributed by atoms with Crippen molar-refractivity contribution in [1.29, 1.82) is 0 Å². The Balaban J connectivity index is 0.00000392. The molecule has 0 aliphatic heterocycles. The van der Waals surface area contributed by atoms with Crippen LogP contribution in [0.15, 0.2) is 28.6 Å². The lowest BCUT2D eigenvalue weighted by atomic mass is 10.1. The molecule has 0 radical (unpaired) electrons. The van der Waals surface area contributed by atoms with Crippen LogP contribution in [-0.2, 0) is 19.1 Å². The lowest BCUT2D eigenvalue weighted by Gasteiger charge is -2.11. The van der Waals surface area contributed by atoms with Crippen LogP contribution in [0.4, 0.5) is 13.2 Å². The predicted octanol–water partition coefficient (Wildman–Crippen LogP) is 3.79. The second kappa shape index (κ2) is 11.3. The van der Waals surface area contributed by atoms with E-state index in [4.69, 9.17) is 4.74 Å². The Labute approximate surface area is 182 Å². The van der Waals surface area contributed by atoms with E-state index in [-0.39, 0.29) is 36.3 Å². The Morgan fingerprint density at radius 1 is 1.32 bits per heavy atom. The molecule has 0 unspecified atom stereocenters. The summed E-state index contributed by atoms with van der Waals surface area (Å²) in [6.07, 6.45) is -3.79. The number of ether oxygens (including phenoxy) is 1. The molecule has 1 heterocycles. The van der Waals surface area contributed by atoms with Gasteiger partial charge in [0, 0.05) is 18.5 Å². The van der Waals surface area contributed by atoms with E-state index < -0.39 is 11.9 Å². The number of rotatable bonds is 7. The molecular weight excluding hydrogens is 508 g/mol. The zero-order valence-corrected chi connectivity index (χ0v) is 18.5. The van der Waals surface area contributed by atoms with Crippen molar-refractivity contribution in [3.63, 3.8) is 0 Å². The van der Waals surface area contributed by atoms with Gasteiger partial charge < -0.3 is 20.5 Å². The molecule has 6 nitrogen and oxygen atoms in total. The lowest BCUT2D eigenvalue weighted by molar-refractivity contribution is -0.140. The average molecular weight is 530 g/mol. The van der Waals surface area contributed by atoms with Crippen LogP contribution in [0.3, 0.4) is 0 Å². The van der Waals surface area contributed by atoms with Crippen LogP contribution >= 0.6 is 35.3 Å². The van der Waals surface area contributed by atoms with E-state index in [1.54, 1.807) is 18.2 Å². The van der Waals surface area contributed by atoms with Gasteiger partial charge in [-0.15, -0.1) is 35.3 Å². The number of nitrogens with one attached hydrogen (secondary N) is 2. The summed E-state index contributed by atoms with van der Waals surface area (Å²) in [6, 6.07) is 5.10. The molecule has 156 valence electrons. The van der Waals surface area contributed by atoms with Crippen molar-refractivity contribution in [1.82, 2.24) is 15.6 Å². The van der Waals surface area contributed by atoms with E-state index in [1.807, 2.05) is 6.92 Å². The largest absolute Gasteiger partial charge is 0.504 e. The third-order valence-corrected chi connectivity index (χ3v) is 4.34. The molecule has 1 aromatic carbocycles. The number of phenolic OH excluding ortho intramolecular Hbond substituents is 1. The summed E-state index contributed by atoms with van der Waals surface area (Å²) in [4.78, 5) is 7.83. The van der Waals surface area contributed by atoms with Crippen molar-refractivity contribution in [3.8, 4) is 11.5 Å². The van der Waals surface area contributed by atoms with Crippen LogP contribution in [0.1, 0.15) is 23.2 Å². The number of phenols is 1. The number of alkyl halides is 3. The first kappa shape index (κ1) is 24.3. The van der Waals surface area contributed by atoms with Crippen LogP contribution in [0, 0.1) is 0 Å². The highest BCUT2D eigenvalue weighted by atomic mass is 127. The monoisotopic (exact) mass is 530 g/mol. The third kappa shape index (κ3) is 7.34. The van der Waals surface area contributed by atoms with E-state index in [1.165, 1.54) is 7.11 Å². The molecule has 0 aliphatic carbocycles. The maximum absolute atomic E-state index is 12.6. The number of nitrogens with zero attached hydrogens (tertiary/aromatic N) is 2. The molecule has 0 atom stereocenters. The number of hydrogen-bond donors (Lipinski definition) is 3. The van der Waals surface area contributed by atoms with Crippen molar-refractivity contribution in [2.24, 2.45) is 4.99 Å². The maximum Gasteiger partial charge on any atom is 0.434 e. The van der Waals surface area contributed by atoms with Crippen LogP contribution < -0.4 is 15.4 Å². The first-order valence-corrected chi connectivity index (χ1v) is 9.11. The highest BCUT2D eigenvalue weighted by Crippen LogP contribution is 2.30. The minimum Gasteiger partial charge on any atom is -0.504 e. The lowest BCUT2D eigenvalue weighted by Crippen LogP contribution is -2.38. The van der Waals surface area contributed by atoms with Gasteiger partial charge in [0.2, 0.25) is 0 Å². The van der Waals surface area contributed by atoms with Crippen molar-refractivity contribution >= 4 is 41.3 Å². The Bertz CT molecular complexity index is 784. The quantitative estimate of drug-likeness (QED) is 0.289. The summed E-state index contributed by atoms with van der Waals surface area (Å²) in [6.45, 7) is 3.12. The molecule has 3 N–H and O–H groups in total. The van der Waals surface area contributed by atoms with E-state index in [9.17, 15) is 18.3 Å². The summed E-state index contributed by atoms with van der Waals surface area (Å²) in [5.41, 5.74) is 0.0691. The van der Waals surface area contributed by atoms with Gasteiger partial charge >= 0.3 is 6.18 Å². The summed E-state index contributed by atoms with van der Waals surface area (Å²) < 4.78 is 42.8. The summed E-state index contributed by atoms with van der Waals surface area (Å²) in [5, 5.41) is 17.0. The number of aromatic nitrogens is 1. The number of methoxy groups -OCH3 is 1. The van der Waals surface area contributed by atoms with Crippen LogP contribution in [0.2, 0.25) is 0 Å². The van der Waals surface area contributed by atoms with Crippen molar-refractivity contribution in [3.05, 3.63) is 39.8 Å². The second-order valence-corrected chi connectivity index (χ2v) is 6.45. The van der Waals surface area contributed by atoms with Gasteiger partial charge in [-0.2, -0.15) is 13.2 Å². The first-order chi connectivity index (χ1) is 12.8. The number of thiazole rings is 1. The van der Waals surface area contributed by atoms with Crippen LogP contribution in [0.5, 0.6) is 11.5 Å². The molecule has 0 saturated carbocycles. The van der Waals surface area contributed by atoms with Gasteiger partial charge in [0.15, 0.2) is 23.2 Å². The van der Waals surface area contributed by atoms with Gasteiger partial charge in [0.25, 0.3) is 0 Å². The van der Waals surface area contributed by atoms with Gasteiger partial charge in [-0.1, -0.05) is 6.07 Å². The third-order valence-electron chi connectivity index (χ3n) is 3.51. The van der Waals surface area contributed by atoms with Crippen molar-refractivity contribution in [2.75, 3.05) is 20.2 Å². The van der Waals surface area contributed by atoms with E-state index in [0.717, 1.165) is 22.3 Å². The number of aromatic hydroxyl groups is 1. The minimum atomic E-state index is -4.44. The normalized spacial score (nSPS) is 11.7.